The lowest BCUT2D eigenvalue weighted by molar-refractivity contribution is 0.627. The average molecular weight is 261 g/mol. The minimum atomic E-state index is 0.589. The van der Waals surface area contributed by atoms with Crippen molar-refractivity contribution in [3.05, 3.63) is 46.7 Å². The van der Waals surface area contributed by atoms with Crippen LogP contribution in [0, 0.1) is 11.3 Å². The van der Waals surface area contributed by atoms with Crippen molar-refractivity contribution < 1.29 is 0 Å². The molecule has 2 aromatic rings. The number of aryl methyl sites for hydroxylation is 1. The molecule has 2 rings (SSSR count). The molecule has 0 saturated heterocycles. The molecule has 1 N–H and O–H groups in total. The van der Waals surface area contributed by atoms with E-state index >= 15 is 0 Å². The largest absolute Gasteiger partial charge is 0.378 e. The number of aromatic nitrogens is 2. The SMILES string of the molecule is CCn1nccc1CNc1cc(C#N)ccc1Cl. The molecule has 1 heterocycles. The number of nitrogens with one attached hydrogen (secondary N) is 1. The fourth-order valence-electron chi connectivity index (χ4n) is 1.71. The summed E-state index contributed by atoms with van der Waals surface area (Å²) in [5, 5.41) is 16.9. The van der Waals surface area contributed by atoms with Crippen molar-refractivity contribution in [1.82, 2.24) is 9.78 Å². The Bertz CT molecular complexity index is 583. The Morgan fingerprint density at radius 1 is 1.44 bits per heavy atom. The first-order chi connectivity index (χ1) is 8.74. The Kier molecular flexibility index (Phi) is 3.85. The summed E-state index contributed by atoms with van der Waals surface area (Å²) in [4.78, 5) is 0. The molecule has 0 radical (unpaired) electrons. The van der Waals surface area contributed by atoms with E-state index in [-0.39, 0.29) is 0 Å². The van der Waals surface area contributed by atoms with Gasteiger partial charge in [0.25, 0.3) is 0 Å². The summed E-state index contributed by atoms with van der Waals surface area (Å²) in [6.45, 7) is 3.50. The molecule has 0 unspecified atom stereocenters. The third kappa shape index (κ3) is 2.63. The van der Waals surface area contributed by atoms with E-state index in [9.17, 15) is 0 Å². The maximum Gasteiger partial charge on any atom is 0.0992 e. The fourth-order valence-corrected chi connectivity index (χ4v) is 1.90. The van der Waals surface area contributed by atoms with Crippen LogP contribution in [0.1, 0.15) is 18.2 Å². The van der Waals surface area contributed by atoms with Crippen molar-refractivity contribution in [2.24, 2.45) is 0 Å². The highest BCUT2D eigenvalue weighted by molar-refractivity contribution is 6.33. The summed E-state index contributed by atoms with van der Waals surface area (Å²) >= 11 is 6.07. The number of anilines is 1. The van der Waals surface area contributed by atoms with Gasteiger partial charge in [-0.25, -0.2) is 0 Å². The van der Waals surface area contributed by atoms with Crippen LogP contribution in [-0.2, 0) is 13.1 Å². The topological polar surface area (TPSA) is 53.6 Å². The van der Waals surface area contributed by atoms with Crippen LogP contribution in [0.25, 0.3) is 0 Å². The molecule has 18 heavy (non-hydrogen) atoms. The highest BCUT2D eigenvalue weighted by Crippen LogP contribution is 2.23. The monoisotopic (exact) mass is 260 g/mol. The zero-order valence-corrected chi connectivity index (χ0v) is 10.8. The molecular weight excluding hydrogens is 248 g/mol. The Morgan fingerprint density at radius 3 is 3.00 bits per heavy atom. The molecule has 4 nitrogen and oxygen atoms in total. The second kappa shape index (κ2) is 5.56. The molecule has 0 atom stereocenters. The summed E-state index contributed by atoms with van der Waals surface area (Å²) < 4.78 is 1.91. The summed E-state index contributed by atoms with van der Waals surface area (Å²) in [6.07, 6.45) is 1.77. The Labute approximate surface area is 111 Å². The summed E-state index contributed by atoms with van der Waals surface area (Å²) in [7, 11) is 0. The maximum atomic E-state index is 8.85. The summed E-state index contributed by atoms with van der Waals surface area (Å²) in [6, 6.07) is 9.22. The molecule has 0 fully saturated rings. The van der Waals surface area contributed by atoms with Crippen LogP contribution >= 0.6 is 11.6 Å². The van der Waals surface area contributed by atoms with Gasteiger partial charge >= 0.3 is 0 Å². The molecule has 0 bridgehead atoms. The second-order valence-corrected chi connectivity index (χ2v) is 4.21. The predicted octanol–water partition coefficient (Wildman–Crippen LogP) is 3.04. The molecule has 0 aliphatic carbocycles. The lowest BCUT2D eigenvalue weighted by Crippen LogP contribution is -2.08. The van der Waals surface area contributed by atoms with Gasteiger partial charge in [0.1, 0.15) is 0 Å². The van der Waals surface area contributed by atoms with Crippen molar-refractivity contribution in [3.8, 4) is 6.07 Å². The standard InChI is InChI=1S/C13H13ClN4/c1-2-18-11(5-6-17-18)9-16-13-7-10(8-15)3-4-12(13)14/h3-7,16H,2,9H2,1H3. The van der Waals surface area contributed by atoms with Gasteiger partial charge in [-0.15, -0.1) is 0 Å². The lowest BCUT2D eigenvalue weighted by atomic mass is 10.2. The van der Waals surface area contributed by atoms with Crippen molar-refractivity contribution >= 4 is 17.3 Å². The van der Waals surface area contributed by atoms with Gasteiger partial charge in [-0.3, -0.25) is 4.68 Å². The van der Waals surface area contributed by atoms with Crippen LogP contribution in [0.3, 0.4) is 0 Å². The van der Waals surface area contributed by atoms with Crippen molar-refractivity contribution in [1.29, 1.82) is 5.26 Å². The first-order valence-corrected chi connectivity index (χ1v) is 6.06. The first kappa shape index (κ1) is 12.5. The lowest BCUT2D eigenvalue weighted by Gasteiger charge is -2.09. The summed E-state index contributed by atoms with van der Waals surface area (Å²) in [5.41, 5.74) is 2.43. The number of rotatable bonds is 4. The van der Waals surface area contributed by atoms with E-state index in [2.05, 4.69) is 16.5 Å². The number of halogens is 1. The Morgan fingerprint density at radius 2 is 2.28 bits per heavy atom. The van der Waals surface area contributed by atoms with Gasteiger partial charge in [0.2, 0.25) is 0 Å². The molecule has 0 aliphatic heterocycles. The van der Waals surface area contributed by atoms with E-state index < -0.39 is 0 Å². The van der Waals surface area contributed by atoms with Crippen LogP contribution in [0.4, 0.5) is 5.69 Å². The van der Waals surface area contributed by atoms with Crippen LogP contribution in [-0.4, -0.2) is 9.78 Å². The van der Waals surface area contributed by atoms with E-state index in [1.165, 1.54) is 0 Å². The quantitative estimate of drug-likeness (QED) is 0.919. The maximum absolute atomic E-state index is 8.85. The van der Waals surface area contributed by atoms with Gasteiger partial charge in [-0.1, -0.05) is 11.6 Å². The number of nitriles is 1. The molecule has 0 saturated carbocycles. The molecule has 1 aromatic carbocycles. The van der Waals surface area contributed by atoms with E-state index in [1.54, 1.807) is 24.4 Å². The molecule has 5 heteroatoms. The Hall–Kier alpha value is -1.99. The number of hydrogen-bond acceptors (Lipinski definition) is 3. The number of benzene rings is 1. The summed E-state index contributed by atoms with van der Waals surface area (Å²) in [5.74, 6) is 0. The molecular formula is C13H13ClN4. The predicted molar refractivity (Wildman–Crippen MR) is 71.4 cm³/mol. The minimum Gasteiger partial charge on any atom is -0.378 e. The van der Waals surface area contributed by atoms with Crippen LogP contribution in [0.15, 0.2) is 30.5 Å². The number of hydrogen-bond donors (Lipinski definition) is 1. The number of nitrogens with zero attached hydrogens (tertiary/aromatic N) is 3. The smallest absolute Gasteiger partial charge is 0.0992 e. The normalized spacial score (nSPS) is 10.1. The van der Waals surface area contributed by atoms with Crippen molar-refractivity contribution in [2.75, 3.05) is 5.32 Å². The van der Waals surface area contributed by atoms with E-state index in [0.717, 1.165) is 17.9 Å². The average Bonchev–Trinajstić information content (AvgIpc) is 2.85. The van der Waals surface area contributed by atoms with Gasteiger partial charge in [-0.05, 0) is 31.2 Å². The first-order valence-electron chi connectivity index (χ1n) is 5.68. The fraction of sp³-hybridized carbons (Fsp3) is 0.231. The van der Waals surface area contributed by atoms with Crippen molar-refractivity contribution in [2.45, 2.75) is 20.0 Å². The van der Waals surface area contributed by atoms with Gasteiger partial charge in [0.05, 0.1) is 34.6 Å². The third-order valence-corrected chi connectivity index (χ3v) is 2.99. The molecule has 0 aliphatic rings. The molecule has 1 aromatic heterocycles. The van der Waals surface area contributed by atoms with E-state index in [4.69, 9.17) is 16.9 Å². The third-order valence-electron chi connectivity index (χ3n) is 2.66. The van der Waals surface area contributed by atoms with E-state index in [0.29, 0.717) is 17.1 Å². The highest BCUT2D eigenvalue weighted by atomic mass is 35.5. The van der Waals surface area contributed by atoms with E-state index in [1.807, 2.05) is 17.7 Å². The molecule has 0 spiro atoms. The zero-order chi connectivity index (χ0) is 13.0. The van der Waals surface area contributed by atoms with Crippen LogP contribution in [0.5, 0.6) is 0 Å². The van der Waals surface area contributed by atoms with Crippen LogP contribution < -0.4 is 5.32 Å². The van der Waals surface area contributed by atoms with Gasteiger partial charge in [0, 0.05) is 12.7 Å². The van der Waals surface area contributed by atoms with Crippen LogP contribution in [0.2, 0.25) is 5.02 Å². The van der Waals surface area contributed by atoms with Gasteiger partial charge in [-0.2, -0.15) is 10.4 Å². The molecule has 0 amide bonds. The van der Waals surface area contributed by atoms with Gasteiger partial charge in [0.15, 0.2) is 0 Å². The molecule has 92 valence electrons. The van der Waals surface area contributed by atoms with Crippen molar-refractivity contribution in [3.63, 3.8) is 0 Å². The second-order valence-electron chi connectivity index (χ2n) is 3.80. The minimum absolute atomic E-state index is 0.589. The highest BCUT2D eigenvalue weighted by Gasteiger charge is 2.04. The zero-order valence-electron chi connectivity index (χ0n) is 10.0. The van der Waals surface area contributed by atoms with Gasteiger partial charge < -0.3 is 5.32 Å². The Balaban J connectivity index is 2.13.